The van der Waals surface area contributed by atoms with Gasteiger partial charge in [0, 0.05) is 18.6 Å². The minimum Gasteiger partial charge on any atom is -0.863 e. The SMILES string of the molecule is CC1=[NH+]c2ccc(C(F)(F)F)cc2C1(C)C.O=[N+]([O-])c1cc([N+](=O)[O-])c([O-])c([N+](=O)[O-])c1. The van der Waals surface area contributed by atoms with E-state index in [9.17, 15) is 48.6 Å². The van der Waals surface area contributed by atoms with E-state index in [1.807, 2.05) is 20.8 Å². The van der Waals surface area contributed by atoms with Crippen LogP contribution in [-0.4, -0.2) is 20.5 Å². The number of nitrogens with one attached hydrogen (secondary N) is 1. The standard InChI is InChI=1S/C12H12F3N.C6H3N3O7/c1-7-11(2,3)9-6-8(12(13,14)15)4-5-10(9)16-7;10-6-4(8(13)14)1-3(7(11)12)2-5(6)9(15)16/h4-6H,1-3H3;1-2,10H. The van der Waals surface area contributed by atoms with Gasteiger partial charge in [0.15, 0.2) is 5.71 Å². The lowest BCUT2D eigenvalue weighted by Crippen LogP contribution is -2.64. The smallest absolute Gasteiger partial charge is 0.416 e. The maximum Gasteiger partial charge on any atom is 0.416 e. The molecule has 0 amide bonds. The van der Waals surface area contributed by atoms with Crippen molar-refractivity contribution in [1.29, 1.82) is 0 Å². The average Bonchev–Trinajstić information content (AvgIpc) is 2.89. The summed E-state index contributed by atoms with van der Waals surface area (Å²) in [6.07, 6.45) is -4.28. The van der Waals surface area contributed by atoms with Crippen molar-refractivity contribution in [3.05, 3.63) is 71.8 Å². The van der Waals surface area contributed by atoms with Crippen LogP contribution in [0.3, 0.4) is 0 Å². The lowest BCUT2D eigenvalue weighted by Gasteiger charge is -2.16. The molecule has 0 aromatic heterocycles. The molecule has 0 fully saturated rings. The number of nitro groups is 3. The zero-order chi connectivity index (χ0) is 24.6. The van der Waals surface area contributed by atoms with Crippen LogP contribution in [0.25, 0.3) is 0 Å². The fraction of sp³-hybridized carbons (Fsp3) is 0.278. The number of halogens is 3. The largest absolute Gasteiger partial charge is 0.863 e. The van der Waals surface area contributed by atoms with Crippen molar-refractivity contribution in [3.8, 4) is 5.75 Å². The van der Waals surface area contributed by atoms with Crippen LogP contribution < -0.4 is 10.1 Å². The van der Waals surface area contributed by atoms with Gasteiger partial charge in [-0.2, -0.15) is 13.2 Å². The minimum atomic E-state index is -4.28. The van der Waals surface area contributed by atoms with Gasteiger partial charge in [-0.1, -0.05) is 0 Å². The quantitative estimate of drug-likeness (QED) is 0.547. The molecule has 1 N–H and O–H groups in total. The predicted molar refractivity (Wildman–Crippen MR) is 102 cm³/mol. The molecule has 1 aliphatic heterocycles. The molecule has 3 rings (SSSR count). The van der Waals surface area contributed by atoms with Gasteiger partial charge in [-0.3, -0.25) is 30.3 Å². The predicted octanol–water partition coefficient (Wildman–Crippen LogP) is 2.65. The molecule has 0 atom stereocenters. The van der Waals surface area contributed by atoms with Crippen LogP contribution in [0.1, 0.15) is 31.9 Å². The van der Waals surface area contributed by atoms with E-state index in [1.54, 1.807) is 0 Å². The van der Waals surface area contributed by atoms with E-state index in [0.717, 1.165) is 17.5 Å². The van der Waals surface area contributed by atoms with E-state index in [2.05, 4.69) is 4.99 Å². The Balaban J connectivity index is 0.000000227. The number of benzene rings is 2. The summed E-state index contributed by atoms with van der Waals surface area (Å²) in [5, 5.41) is 42.1. The second-order valence-electron chi connectivity index (χ2n) is 7.22. The first-order valence-electron chi connectivity index (χ1n) is 8.68. The number of hydrogen-bond acceptors (Lipinski definition) is 7. The molecule has 0 saturated heterocycles. The van der Waals surface area contributed by atoms with Gasteiger partial charge in [-0.15, -0.1) is 0 Å². The summed E-state index contributed by atoms with van der Waals surface area (Å²) in [7, 11) is 0. The number of hydrogen-bond donors (Lipinski definition) is 1. The van der Waals surface area contributed by atoms with Crippen LogP contribution in [0.5, 0.6) is 5.75 Å². The highest BCUT2D eigenvalue weighted by molar-refractivity contribution is 5.92. The maximum atomic E-state index is 12.6. The van der Waals surface area contributed by atoms with Gasteiger partial charge in [0.2, 0.25) is 5.69 Å². The Morgan fingerprint density at radius 1 is 0.906 bits per heavy atom. The molecule has 1 aliphatic rings. The first-order chi connectivity index (χ1) is 14.6. The van der Waals surface area contributed by atoms with Crippen LogP contribution in [0.15, 0.2) is 30.3 Å². The molecule has 2 aromatic carbocycles. The molecular formula is C18H15F3N4O7. The van der Waals surface area contributed by atoms with Crippen LogP contribution in [-0.2, 0) is 11.6 Å². The van der Waals surface area contributed by atoms with Crippen LogP contribution in [0.4, 0.5) is 35.9 Å². The molecule has 0 aliphatic carbocycles. The number of nitrogens with zero attached hydrogens (tertiary/aromatic N) is 3. The molecule has 0 radical (unpaired) electrons. The van der Waals surface area contributed by atoms with E-state index in [-0.39, 0.29) is 5.41 Å². The van der Waals surface area contributed by atoms with Gasteiger partial charge in [-0.25, -0.2) is 4.99 Å². The van der Waals surface area contributed by atoms with Gasteiger partial charge in [0.05, 0.1) is 43.6 Å². The molecule has 11 nitrogen and oxygen atoms in total. The number of alkyl halides is 3. The zero-order valence-corrected chi connectivity index (χ0v) is 16.7. The Morgan fingerprint density at radius 2 is 1.41 bits per heavy atom. The highest BCUT2D eigenvalue weighted by Crippen LogP contribution is 2.38. The average molecular weight is 456 g/mol. The second kappa shape index (κ2) is 8.20. The van der Waals surface area contributed by atoms with Crippen LogP contribution in [0, 0.1) is 30.3 Å². The van der Waals surface area contributed by atoms with E-state index >= 15 is 0 Å². The number of nitro benzene ring substituents is 3. The van der Waals surface area contributed by atoms with Crippen molar-refractivity contribution in [1.82, 2.24) is 0 Å². The molecule has 14 heteroatoms. The molecule has 32 heavy (non-hydrogen) atoms. The normalized spacial score (nSPS) is 14.0. The number of non-ortho nitro benzene ring substituents is 1. The summed E-state index contributed by atoms with van der Waals surface area (Å²) in [6.45, 7) is 5.73. The molecule has 0 spiro atoms. The van der Waals surface area contributed by atoms with Gasteiger partial charge < -0.3 is 5.11 Å². The fourth-order valence-corrected chi connectivity index (χ4v) is 2.87. The second-order valence-corrected chi connectivity index (χ2v) is 7.22. The van der Waals surface area contributed by atoms with E-state index < -0.39 is 49.3 Å². The summed E-state index contributed by atoms with van der Waals surface area (Å²) >= 11 is 0. The van der Waals surface area contributed by atoms with Gasteiger partial charge >= 0.3 is 6.18 Å². The highest BCUT2D eigenvalue weighted by atomic mass is 19.4. The van der Waals surface area contributed by atoms with Crippen molar-refractivity contribution in [2.45, 2.75) is 32.4 Å². The van der Waals surface area contributed by atoms with Crippen LogP contribution in [0.2, 0.25) is 0 Å². The number of fused-ring (bicyclic) bond motifs is 1. The topological polar surface area (TPSA) is 166 Å². The van der Waals surface area contributed by atoms with Crippen molar-refractivity contribution in [2.75, 3.05) is 0 Å². The Bertz CT molecular complexity index is 1120. The maximum absolute atomic E-state index is 12.6. The first-order valence-corrected chi connectivity index (χ1v) is 8.68. The van der Waals surface area contributed by atoms with E-state index in [1.165, 1.54) is 12.1 Å². The molecule has 0 saturated carbocycles. The lowest BCUT2D eigenvalue weighted by atomic mass is 9.81. The Kier molecular flexibility index (Phi) is 6.20. The lowest BCUT2D eigenvalue weighted by molar-refractivity contribution is -0.420. The summed E-state index contributed by atoms with van der Waals surface area (Å²) in [6, 6.07) is 4.61. The molecule has 0 unspecified atom stereocenters. The molecule has 2 aromatic rings. The van der Waals surface area contributed by atoms with E-state index in [4.69, 9.17) is 0 Å². The Hall–Kier alpha value is -4.10. The van der Waals surface area contributed by atoms with Gasteiger partial charge in [0.25, 0.3) is 17.1 Å². The summed E-state index contributed by atoms with van der Waals surface area (Å²) in [4.78, 5) is 30.6. The third-order valence-corrected chi connectivity index (χ3v) is 4.92. The Morgan fingerprint density at radius 3 is 1.81 bits per heavy atom. The molecule has 0 bridgehead atoms. The molecule has 1 heterocycles. The fourth-order valence-electron chi connectivity index (χ4n) is 2.87. The van der Waals surface area contributed by atoms with Crippen molar-refractivity contribution in [3.63, 3.8) is 0 Å². The van der Waals surface area contributed by atoms with E-state index in [0.29, 0.717) is 17.7 Å². The summed E-state index contributed by atoms with van der Waals surface area (Å²) < 4.78 is 37.7. The third kappa shape index (κ3) is 4.63. The highest BCUT2D eigenvalue weighted by Gasteiger charge is 2.41. The zero-order valence-electron chi connectivity index (χ0n) is 16.7. The summed E-state index contributed by atoms with van der Waals surface area (Å²) in [5.74, 6) is -1.46. The van der Waals surface area contributed by atoms with Crippen LogP contribution >= 0.6 is 0 Å². The Labute approximate surface area is 177 Å². The van der Waals surface area contributed by atoms with Crippen molar-refractivity contribution >= 4 is 28.5 Å². The molecular weight excluding hydrogens is 441 g/mol. The first kappa shape index (κ1) is 24.2. The third-order valence-electron chi connectivity index (χ3n) is 4.92. The minimum absolute atomic E-state index is 0.351. The van der Waals surface area contributed by atoms with Crippen molar-refractivity contribution in [2.24, 2.45) is 0 Å². The van der Waals surface area contributed by atoms with Gasteiger partial charge in [0.1, 0.15) is 0 Å². The monoisotopic (exact) mass is 456 g/mol. The number of rotatable bonds is 3. The van der Waals surface area contributed by atoms with Crippen molar-refractivity contribution < 1.29 is 38.0 Å². The van der Waals surface area contributed by atoms with Gasteiger partial charge in [-0.05, 0) is 26.0 Å². The summed E-state index contributed by atoms with van der Waals surface area (Å²) in [5.41, 5.74) is -1.75. The molecule has 170 valence electrons.